The van der Waals surface area contributed by atoms with Gasteiger partial charge in [0.15, 0.2) is 16.3 Å². The number of benzene rings is 3. The van der Waals surface area contributed by atoms with Crippen LogP contribution in [-0.4, -0.2) is 23.8 Å². The van der Waals surface area contributed by atoms with Gasteiger partial charge in [-0.3, -0.25) is 9.36 Å². The van der Waals surface area contributed by atoms with Crippen LogP contribution in [0.2, 0.25) is 5.02 Å². The Labute approximate surface area is 246 Å². The summed E-state index contributed by atoms with van der Waals surface area (Å²) in [5, 5.41) is 0.556. The molecule has 1 unspecified atom stereocenters. The largest absolute Gasteiger partial charge is 0.490 e. The first kappa shape index (κ1) is 28.4. The van der Waals surface area contributed by atoms with Crippen molar-refractivity contribution in [2.45, 2.75) is 33.4 Å². The number of rotatable bonds is 9. The predicted octanol–water partition coefficient (Wildman–Crippen LogP) is 5.43. The number of hydrogen-bond acceptors (Lipinski definition) is 7. The van der Waals surface area contributed by atoms with Crippen LogP contribution in [-0.2, 0) is 16.1 Å². The molecule has 2 heterocycles. The van der Waals surface area contributed by atoms with Crippen LogP contribution >= 0.6 is 22.9 Å². The van der Waals surface area contributed by atoms with Crippen molar-refractivity contribution in [2.24, 2.45) is 4.99 Å². The van der Waals surface area contributed by atoms with E-state index >= 15 is 0 Å². The molecule has 4 aromatic rings. The third-order valence-electron chi connectivity index (χ3n) is 6.51. The maximum Gasteiger partial charge on any atom is 0.338 e. The molecule has 7 nitrogen and oxygen atoms in total. The van der Waals surface area contributed by atoms with Crippen LogP contribution in [0.25, 0.3) is 6.08 Å². The van der Waals surface area contributed by atoms with Crippen LogP contribution in [0, 0.1) is 0 Å². The summed E-state index contributed by atoms with van der Waals surface area (Å²) in [5.74, 6) is 0.701. The first-order chi connectivity index (χ1) is 19.9. The number of thiazole rings is 1. The molecule has 0 saturated carbocycles. The topological polar surface area (TPSA) is 79.1 Å². The summed E-state index contributed by atoms with van der Waals surface area (Å²) in [4.78, 5) is 32.0. The molecule has 1 atom stereocenters. The van der Waals surface area contributed by atoms with Gasteiger partial charge in [0.1, 0.15) is 6.61 Å². The van der Waals surface area contributed by atoms with E-state index in [1.54, 1.807) is 36.6 Å². The van der Waals surface area contributed by atoms with E-state index in [0.29, 0.717) is 50.3 Å². The molecular formula is C32H29ClN2O5S. The van der Waals surface area contributed by atoms with Crippen molar-refractivity contribution in [2.75, 3.05) is 13.2 Å². The Morgan fingerprint density at radius 2 is 1.76 bits per heavy atom. The van der Waals surface area contributed by atoms with Crippen LogP contribution in [0.3, 0.4) is 0 Å². The van der Waals surface area contributed by atoms with Crippen LogP contribution in [0.5, 0.6) is 11.5 Å². The standard InChI is InChI=1S/C32H29ClN2O5S/c1-4-38-26-17-22(11-16-25(26)40-19-21-9-7-6-8-10-21)18-27-30(36)35-29(23-12-14-24(33)15-13-23)28(31(37)39-5-2)20(3)34-32(35)41-27/h6-18,29H,4-5,19H2,1-3H3. The third-order valence-corrected chi connectivity index (χ3v) is 7.74. The Balaban J connectivity index is 1.56. The van der Waals surface area contributed by atoms with Gasteiger partial charge in [0.2, 0.25) is 0 Å². The molecule has 3 aromatic carbocycles. The van der Waals surface area contributed by atoms with E-state index < -0.39 is 12.0 Å². The molecule has 0 spiro atoms. The number of ether oxygens (including phenoxy) is 3. The van der Waals surface area contributed by atoms with Gasteiger partial charge in [-0.1, -0.05) is 71.5 Å². The number of allylic oxidation sites excluding steroid dienone is 1. The summed E-state index contributed by atoms with van der Waals surface area (Å²) in [5.41, 5.74) is 3.13. The summed E-state index contributed by atoms with van der Waals surface area (Å²) < 4.78 is 19.3. The number of esters is 1. The minimum Gasteiger partial charge on any atom is -0.490 e. The molecule has 0 N–H and O–H groups in total. The second-order valence-corrected chi connectivity index (χ2v) is 10.7. The highest BCUT2D eigenvalue weighted by atomic mass is 35.5. The molecule has 1 aliphatic heterocycles. The van der Waals surface area contributed by atoms with Gasteiger partial charge in [-0.25, -0.2) is 9.79 Å². The Bertz CT molecular complexity index is 1780. The Morgan fingerprint density at radius 1 is 1.00 bits per heavy atom. The van der Waals surface area contributed by atoms with Crippen molar-refractivity contribution in [3.63, 3.8) is 0 Å². The van der Waals surface area contributed by atoms with E-state index in [1.165, 1.54) is 11.3 Å². The first-order valence-corrected chi connectivity index (χ1v) is 14.5. The quantitative estimate of drug-likeness (QED) is 0.244. The molecule has 0 amide bonds. The number of halogens is 1. The molecule has 41 heavy (non-hydrogen) atoms. The molecule has 1 aromatic heterocycles. The van der Waals surface area contributed by atoms with Gasteiger partial charge in [0, 0.05) is 5.02 Å². The van der Waals surface area contributed by atoms with E-state index in [4.69, 9.17) is 25.8 Å². The fourth-order valence-electron chi connectivity index (χ4n) is 4.64. The van der Waals surface area contributed by atoms with Gasteiger partial charge in [-0.2, -0.15) is 0 Å². The van der Waals surface area contributed by atoms with Crippen LogP contribution in [0.1, 0.15) is 43.5 Å². The molecule has 0 fully saturated rings. The van der Waals surface area contributed by atoms with E-state index in [1.807, 2.05) is 67.6 Å². The van der Waals surface area contributed by atoms with Gasteiger partial charge >= 0.3 is 5.97 Å². The van der Waals surface area contributed by atoms with Crippen molar-refractivity contribution in [1.82, 2.24) is 4.57 Å². The van der Waals surface area contributed by atoms with Gasteiger partial charge in [0.25, 0.3) is 5.56 Å². The highest BCUT2D eigenvalue weighted by Gasteiger charge is 2.33. The maximum absolute atomic E-state index is 13.9. The van der Waals surface area contributed by atoms with E-state index in [9.17, 15) is 9.59 Å². The summed E-state index contributed by atoms with van der Waals surface area (Å²) in [6.45, 7) is 6.49. The molecule has 210 valence electrons. The lowest BCUT2D eigenvalue weighted by Gasteiger charge is -2.24. The molecule has 0 radical (unpaired) electrons. The van der Waals surface area contributed by atoms with Crippen LogP contribution < -0.4 is 24.4 Å². The lowest BCUT2D eigenvalue weighted by Crippen LogP contribution is -2.39. The van der Waals surface area contributed by atoms with Crippen LogP contribution in [0.15, 0.2) is 93.9 Å². The minimum atomic E-state index is -0.697. The molecule has 5 rings (SSSR count). The van der Waals surface area contributed by atoms with E-state index in [-0.39, 0.29) is 12.2 Å². The zero-order chi connectivity index (χ0) is 28.9. The Morgan fingerprint density at radius 3 is 2.46 bits per heavy atom. The molecule has 0 bridgehead atoms. The zero-order valence-corrected chi connectivity index (χ0v) is 24.5. The Hall–Kier alpha value is -4.14. The SMILES string of the molecule is CCOC(=O)C1=C(C)N=c2sc(=Cc3ccc(OCc4ccccc4)c(OCC)c3)c(=O)n2C1c1ccc(Cl)cc1. The zero-order valence-electron chi connectivity index (χ0n) is 22.9. The highest BCUT2D eigenvalue weighted by Crippen LogP contribution is 2.32. The second kappa shape index (κ2) is 12.6. The van der Waals surface area contributed by atoms with Crippen molar-refractivity contribution in [1.29, 1.82) is 0 Å². The lowest BCUT2D eigenvalue weighted by atomic mass is 9.96. The smallest absolute Gasteiger partial charge is 0.338 e. The highest BCUT2D eigenvalue weighted by molar-refractivity contribution is 7.07. The normalized spacial score (nSPS) is 14.8. The number of carbonyl (C=O) groups excluding carboxylic acids is 1. The molecule has 9 heteroatoms. The lowest BCUT2D eigenvalue weighted by molar-refractivity contribution is -0.139. The predicted molar refractivity (Wildman–Crippen MR) is 160 cm³/mol. The van der Waals surface area contributed by atoms with Crippen molar-refractivity contribution >= 4 is 35.0 Å². The summed E-state index contributed by atoms with van der Waals surface area (Å²) in [7, 11) is 0. The van der Waals surface area contributed by atoms with Gasteiger partial charge < -0.3 is 14.2 Å². The average molecular weight is 589 g/mol. The van der Waals surface area contributed by atoms with E-state index in [0.717, 1.165) is 16.7 Å². The Kier molecular flexibility index (Phi) is 8.71. The minimum absolute atomic E-state index is 0.209. The number of fused-ring (bicyclic) bond motifs is 1. The number of aromatic nitrogens is 1. The maximum atomic E-state index is 13.9. The monoisotopic (exact) mass is 588 g/mol. The van der Waals surface area contributed by atoms with Gasteiger partial charge in [-0.05, 0) is 67.8 Å². The first-order valence-electron chi connectivity index (χ1n) is 13.3. The van der Waals surface area contributed by atoms with Crippen LogP contribution in [0.4, 0.5) is 0 Å². The van der Waals surface area contributed by atoms with Gasteiger partial charge in [-0.15, -0.1) is 0 Å². The molecular weight excluding hydrogens is 560 g/mol. The third kappa shape index (κ3) is 6.14. The number of nitrogens with zero attached hydrogens (tertiary/aromatic N) is 2. The van der Waals surface area contributed by atoms with Crippen molar-refractivity contribution < 1.29 is 19.0 Å². The summed E-state index contributed by atoms with van der Waals surface area (Å²) >= 11 is 7.40. The fourth-order valence-corrected chi connectivity index (χ4v) is 5.81. The molecule has 0 saturated heterocycles. The van der Waals surface area contributed by atoms with E-state index in [2.05, 4.69) is 4.99 Å². The molecule has 1 aliphatic rings. The fraction of sp³-hybridized carbons (Fsp3) is 0.219. The van der Waals surface area contributed by atoms with Crippen molar-refractivity contribution in [3.05, 3.63) is 125 Å². The average Bonchev–Trinajstić information content (AvgIpc) is 3.27. The summed E-state index contributed by atoms with van der Waals surface area (Å²) in [6, 6.07) is 21.9. The molecule has 0 aliphatic carbocycles. The number of carbonyl (C=O) groups is 1. The second-order valence-electron chi connectivity index (χ2n) is 9.27. The van der Waals surface area contributed by atoms with Crippen molar-refractivity contribution in [3.8, 4) is 11.5 Å². The van der Waals surface area contributed by atoms with Gasteiger partial charge in [0.05, 0.1) is 35.1 Å². The number of hydrogen-bond donors (Lipinski definition) is 0. The summed E-state index contributed by atoms with van der Waals surface area (Å²) in [6.07, 6.45) is 1.80.